The molecule has 0 saturated carbocycles. The van der Waals surface area contributed by atoms with Crippen molar-refractivity contribution in [3.63, 3.8) is 0 Å². The van der Waals surface area contributed by atoms with Crippen molar-refractivity contribution in [2.24, 2.45) is 5.73 Å². The van der Waals surface area contributed by atoms with E-state index in [0.29, 0.717) is 35.7 Å². The third kappa shape index (κ3) is 4.39. The lowest BCUT2D eigenvalue weighted by Gasteiger charge is -2.32. The molecule has 0 radical (unpaired) electrons. The van der Waals surface area contributed by atoms with Gasteiger partial charge in [-0.25, -0.2) is 9.24 Å². The molecule has 1 aromatic heterocycles. The molecule has 1 aliphatic rings. The predicted molar refractivity (Wildman–Crippen MR) is 127 cm³/mol. The van der Waals surface area contributed by atoms with Crippen LogP contribution >= 0.6 is 11.6 Å². The van der Waals surface area contributed by atoms with Gasteiger partial charge in [0.2, 0.25) is 5.91 Å². The van der Waals surface area contributed by atoms with Crippen LogP contribution in [0.4, 0.5) is 10.1 Å². The highest BCUT2D eigenvalue weighted by Crippen LogP contribution is 2.33. The largest absolute Gasteiger partial charge is 0.365 e. The van der Waals surface area contributed by atoms with Crippen LogP contribution in [-0.4, -0.2) is 33.0 Å². The van der Waals surface area contributed by atoms with Gasteiger partial charge in [-0.2, -0.15) is 5.10 Å². The first-order valence-corrected chi connectivity index (χ1v) is 11.1. The number of benzene rings is 2. The molecule has 1 aliphatic heterocycles. The smallest absolute Gasteiger partial charge is 0.252 e. The number of halogens is 2. The summed E-state index contributed by atoms with van der Waals surface area (Å²) in [6.45, 7) is 12.1. The van der Waals surface area contributed by atoms with Gasteiger partial charge in [0.1, 0.15) is 11.5 Å². The maximum atomic E-state index is 13.6. The van der Waals surface area contributed by atoms with Crippen molar-refractivity contribution in [1.82, 2.24) is 14.7 Å². The van der Waals surface area contributed by atoms with Crippen LogP contribution in [-0.2, 0) is 23.3 Å². The highest BCUT2D eigenvalue weighted by Gasteiger charge is 2.32. The third-order valence-electron chi connectivity index (χ3n) is 6.14. The summed E-state index contributed by atoms with van der Waals surface area (Å²) in [6.07, 6.45) is 0.255. The van der Waals surface area contributed by atoms with Gasteiger partial charge in [0.15, 0.2) is 5.69 Å². The van der Waals surface area contributed by atoms with Gasteiger partial charge in [-0.05, 0) is 29.2 Å². The number of hydrogen-bond acceptors (Lipinski definition) is 3. The molecular formula is C25H23ClFN5O2. The summed E-state index contributed by atoms with van der Waals surface area (Å²) in [4.78, 5) is 30.7. The van der Waals surface area contributed by atoms with Crippen LogP contribution in [0.2, 0.25) is 5.02 Å². The minimum Gasteiger partial charge on any atom is -0.365 e. The average molecular weight is 480 g/mol. The fourth-order valence-electron chi connectivity index (χ4n) is 4.21. The molecule has 2 amide bonds. The number of hydrogen-bond donors (Lipinski definition) is 1. The van der Waals surface area contributed by atoms with Crippen LogP contribution in [0, 0.1) is 12.4 Å². The van der Waals surface area contributed by atoms with Crippen LogP contribution in [0.3, 0.4) is 0 Å². The van der Waals surface area contributed by atoms with Gasteiger partial charge in [0.25, 0.3) is 5.91 Å². The molecule has 0 aliphatic carbocycles. The number of amides is 2. The van der Waals surface area contributed by atoms with Crippen LogP contribution in [0.15, 0.2) is 42.5 Å². The predicted octanol–water partition coefficient (Wildman–Crippen LogP) is 4.70. The molecule has 2 N–H and O–H groups in total. The van der Waals surface area contributed by atoms with E-state index in [2.05, 4.69) is 9.94 Å². The van der Waals surface area contributed by atoms with E-state index in [1.165, 1.54) is 18.2 Å². The standard InChI is InChI=1S/C25H23ClFN5O2/c1-25(2,16-5-7-17(29-3)8-6-16)13-21(33)31-10-11-32-20(14-31)22(24(28)34)23(30-32)15-4-9-19(27)18(26)12-15/h4-9,12H,10-11,13-14H2,1-2H3,(H2,28,34). The molecule has 0 atom stereocenters. The molecule has 0 spiro atoms. The molecule has 7 nitrogen and oxygen atoms in total. The summed E-state index contributed by atoms with van der Waals surface area (Å²) in [5.41, 5.74) is 8.29. The number of carbonyl (C=O) groups is 2. The van der Waals surface area contributed by atoms with Gasteiger partial charge >= 0.3 is 0 Å². The Hall–Kier alpha value is -3.70. The molecule has 9 heteroatoms. The van der Waals surface area contributed by atoms with Crippen molar-refractivity contribution >= 4 is 29.1 Å². The minimum atomic E-state index is -0.675. The highest BCUT2D eigenvalue weighted by molar-refractivity contribution is 6.31. The maximum absolute atomic E-state index is 13.6. The van der Waals surface area contributed by atoms with Crippen molar-refractivity contribution in [3.05, 3.63) is 81.5 Å². The van der Waals surface area contributed by atoms with Gasteiger partial charge in [-0.1, -0.05) is 49.7 Å². The summed E-state index contributed by atoms with van der Waals surface area (Å²) >= 11 is 5.92. The second kappa shape index (κ2) is 8.92. The maximum Gasteiger partial charge on any atom is 0.252 e. The van der Waals surface area contributed by atoms with Gasteiger partial charge in [-0.3, -0.25) is 14.3 Å². The van der Waals surface area contributed by atoms with E-state index in [1.54, 1.807) is 21.7 Å². The lowest BCUT2D eigenvalue weighted by atomic mass is 9.81. The number of rotatable bonds is 5. The molecular weight excluding hydrogens is 457 g/mol. The fourth-order valence-corrected chi connectivity index (χ4v) is 4.39. The normalized spacial score (nSPS) is 13.3. The Labute approximate surface area is 201 Å². The van der Waals surface area contributed by atoms with Gasteiger partial charge < -0.3 is 10.6 Å². The second-order valence-electron chi connectivity index (χ2n) is 8.92. The Bertz CT molecular complexity index is 1320. The van der Waals surface area contributed by atoms with E-state index < -0.39 is 17.1 Å². The SMILES string of the molecule is [C-]#[N+]c1ccc(C(C)(C)CC(=O)N2CCn3nc(-c4ccc(F)c(Cl)c4)c(C(N)=O)c3C2)cc1. The molecule has 2 aromatic carbocycles. The van der Waals surface area contributed by atoms with Crippen molar-refractivity contribution in [3.8, 4) is 11.3 Å². The Morgan fingerprint density at radius 1 is 1.21 bits per heavy atom. The topological polar surface area (TPSA) is 85.6 Å². The quantitative estimate of drug-likeness (QED) is 0.538. The summed E-state index contributed by atoms with van der Waals surface area (Å²) in [6, 6.07) is 11.3. The minimum absolute atomic E-state index is 0.0616. The molecule has 34 heavy (non-hydrogen) atoms. The first-order valence-electron chi connectivity index (χ1n) is 10.7. The van der Waals surface area contributed by atoms with Crippen LogP contribution in [0.1, 0.15) is 41.9 Å². The molecule has 4 rings (SSSR count). The number of fused-ring (bicyclic) bond motifs is 1. The number of aromatic nitrogens is 2. The zero-order valence-corrected chi connectivity index (χ0v) is 19.6. The molecule has 2 heterocycles. The number of primary amides is 1. The van der Waals surface area contributed by atoms with E-state index in [4.69, 9.17) is 23.9 Å². The average Bonchev–Trinajstić information content (AvgIpc) is 3.19. The zero-order chi connectivity index (χ0) is 24.6. The molecule has 174 valence electrons. The van der Waals surface area contributed by atoms with E-state index >= 15 is 0 Å². The first kappa shape index (κ1) is 23.5. The van der Waals surface area contributed by atoms with Crippen molar-refractivity contribution in [2.75, 3.05) is 6.54 Å². The Balaban J connectivity index is 1.59. The van der Waals surface area contributed by atoms with Crippen molar-refractivity contribution in [2.45, 2.75) is 38.8 Å². The van der Waals surface area contributed by atoms with E-state index in [-0.39, 0.29) is 29.5 Å². The van der Waals surface area contributed by atoms with Crippen LogP contribution in [0.25, 0.3) is 16.1 Å². The monoisotopic (exact) mass is 479 g/mol. The molecule has 0 fully saturated rings. The third-order valence-corrected chi connectivity index (χ3v) is 6.43. The Kier molecular flexibility index (Phi) is 6.15. The molecule has 0 bridgehead atoms. The summed E-state index contributed by atoms with van der Waals surface area (Å²) in [5.74, 6) is -1.31. The lowest BCUT2D eigenvalue weighted by molar-refractivity contribution is -0.133. The van der Waals surface area contributed by atoms with Crippen molar-refractivity contribution < 1.29 is 14.0 Å². The molecule has 3 aromatic rings. The van der Waals surface area contributed by atoms with E-state index in [9.17, 15) is 14.0 Å². The molecule has 0 unspecified atom stereocenters. The lowest BCUT2D eigenvalue weighted by Crippen LogP contribution is -2.41. The molecule has 0 saturated heterocycles. The number of nitrogens with zero attached hydrogens (tertiary/aromatic N) is 4. The number of carbonyl (C=O) groups excluding carboxylic acids is 2. The Morgan fingerprint density at radius 3 is 2.53 bits per heavy atom. The van der Waals surface area contributed by atoms with Gasteiger partial charge in [0, 0.05) is 18.5 Å². The van der Waals surface area contributed by atoms with Crippen molar-refractivity contribution in [1.29, 1.82) is 0 Å². The summed E-state index contributed by atoms with van der Waals surface area (Å²) < 4.78 is 15.3. The number of nitrogens with two attached hydrogens (primary N) is 1. The Morgan fingerprint density at radius 2 is 1.91 bits per heavy atom. The van der Waals surface area contributed by atoms with Crippen LogP contribution < -0.4 is 5.73 Å². The van der Waals surface area contributed by atoms with E-state index in [0.717, 1.165) is 5.56 Å². The zero-order valence-electron chi connectivity index (χ0n) is 18.8. The highest BCUT2D eigenvalue weighted by atomic mass is 35.5. The second-order valence-corrected chi connectivity index (χ2v) is 9.33. The summed E-state index contributed by atoms with van der Waals surface area (Å²) in [5, 5.41) is 4.44. The van der Waals surface area contributed by atoms with Gasteiger partial charge in [0.05, 0.1) is 35.9 Å². The fraction of sp³-hybridized carbons (Fsp3) is 0.280. The van der Waals surface area contributed by atoms with E-state index in [1.807, 2.05) is 26.0 Å². The van der Waals surface area contributed by atoms with Gasteiger partial charge in [-0.15, -0.1) is 0 Å². The summed E-state index contributed by atoms with van der Waals surface area (Å²) in [7, 11) is 0. The van der Waals surface area contributed by atoms with Crippen LogP contribution in [0.5, 0.6) is 0 Å². The first-order chi connectivity index (χ1) is 16.1.